The third kappa shape index (κ3) is 4.88. The molecule has 4 rings (SSSR count). The molecule has 0 bridgehead atoms. The average molecular weight is 486 g/mol. The molecule has 2 aromatic carbocycles. The van der Waals surface area contributed by atoms with Gasteiger partial charge in [-0.2, -0.15) is 0 Å². The maximum Gasteiger partial charge on any atom is 0.264 e. The number of halogens is 2. The molecule has 0 saturated carbocycles. The molecule has 1 aliphatic rings. The SMILES string of the molecule is CCN(CC)c1ccc(N=C2NC(=O)/C(=C\c3ccc(-c4c(Cl)cccc4Cl)o3)S2)cc1. The number of nitrogens with one attached hydrogen (secondary N) is 1. The average Bonchev–Trinajstić information content (AvgIpc) is 3.37. The van der Waals surface area contributed by atoms with Gasteiger partial charge in [0.05, 0.1) is 26.2 Å². The second-order valence-corrected chi connectivity index (χ2v) is 8.81. The van der Waals surface area contributed by atoms with Gasteiger partial charge in [-0.15, -0.1) is 0 Å². The number of carbonyl (C=O) groups excluding carboxylic acids is 1. The number of carbonyl (C=O) groups is 1. The first-order valence-corrected chi connectivity index (χ1v) is 11.7. The van der Waals surface area contributed by atoms with Crippen molar-refractivity contribution in [1.29, 1.82) is 0 Å². The zero-order valence-corrected chi connectivity index (χ0v) is 19.9. The number of rotatable bonds is 6. The molecule has 8 heteroatoms. The van der Waals surface area contributed by atoms with E-state index in [1.165, 1.54) is 11.8 Å². The van der Waals surface area contributed by atoms with E-state index in [2.05, 4.69) is 29.1 Å². The van der Waals surface area contributed by atoms with Crippen molar-refractivity contribution in [3.8, 4) is 11.3 Å². The number of benzene rings is 2. The summed E-state index contributed by atoms with van der Waals surface area (Å²) < 4.78 is 5.87. The zero-order chi connectivity index (χ0) is 22.7. The lowest BCUT2D eigenvalue weighted by atomic mass is 10.2. The maximum absolute atomic E-state index is 12.4. The molecule has 164 valence electrons. The van der Waals surface area contributed by atoms with Crippen LogP contribution < -0.4 is 10.2 Å². The summed E-state index contributed by atoms with van der Waals surface area (Å²) in [6.07, 6.45) is 1.68. The van der Waals surface area contributed by atoms with Crippen LogP contribution in [0.25, 0.3) is 17.4 Å². The molecule has 5 nitrogen and oxygen atoms in total. The van der Waals surface area contributed by atoms with Crippen LogP contribution in [0.2, 0.25) is 10.0 Å². The third-order valence-electron chi connectivity index (χ3n) is 4.97. The van der Waals surface area contributed by atoms with Gasteiger partial charge >= 0.3 is 0 Å². The molecule has 0 unspecified atom stereocenters. The topological polar surface area (TPSA) is 57.8 Å². The standard InChI is InChI=1S/C24H21Cl2N3O2S/c1-3-29(4-2)16-10-8-15(9-11-16)27-24-28-23(30)21(32-24)14-17-12-13-20(31-17)22-18(25)6-5-7-19(22)26/h5-14H,3-4H2,1-2H3,(H,27,28,30)/b21-14+. The molecule has 3 aromatic rings. The van der Waals surface area contributed by atoms with Crippen molar-refractivity contribution < 1.29 is 9.21 Å². The van der Waals surface area contributed by atoms with Crippen LogP contribution in [0.4, 0.5) is 11.4 Å². The van der Waals surface area contributed by atoms with E-state index in [1.54, 1.807) is 36.4 Å². The van der Waals surface area contributed by atoms with Crippen LogP contribution in [-0.2, 0) is 4.79 Å². The molecular formula is C24H21Cl2N3O2S. The second kappa shape index (κ2) is 9.86. The van der Waals surface area contributed by atoms with Gasteiger partial charge in [-0.05, 0) is 74.1 Å². The first-order valence-electron chi connectivity index (χ1n) is 10.2. The lowest BCUT2D eigenvalue weighted by molar-refractivity contribution is -0.115. The Morgan fingerprint density at radius 3 is 2.38 bits per heavy atom. The van der Waals surface area contributed by atoms with Gasteiger partial charge in [0, 0.05) is 24.9 Å². The Balaban J connectivity index is 1.51. The smallest absolute Gasteiger partial charge is 0.264 e. The minimum Gasteiger partial charge on any atom is -0.457 e. The van der Waals surface area contributed by atoms with E-state index in [0.29, 0.717) is 37.2 Å². The quantitative estimate of drug-likeness (QED) is 0.382. The van der Waals surface area contributed by atoms with Crippen LogP contribution in [-0.4, -0.2) is 24.2 Å². The minimum atomic E-state index is -0.220. The largest absolute Gasteiger partial charge is 0.457 e. The molecule has 0 spiro atoms. The van der Waals surface area contributed by atoms with E-state index in [-0.39, 0.29) is 5.91 Å². The molecule has 0 atom stereocenters. The number of aliphatic imine (C=N–C) groups is 1. The molecule has 0 radical (unpaired) electrons. The van der Waals surface area contributed by atoms with Crippen molar-refractivity contribution in [2.24, 2.45) is 4.99 Å². The van der Waals surface area contributed by atoms with E-state index in [0.717, 1.165) is 24.5 Å². The highest BCUT2D eigenvalue weighted by atomic mass is 35.5. The van der Waals surface area contributed by atoms with E-state index < -0.39 is 0 Å². The van der Waals surface area contributed by atoms with Crippen molar-refractivity contribution >= 4 is 63.5 Å². The number of thioether (sulfide) groups is 1. The molecular weight excluding hydrogens is 465 g/mol. The van der Waals surface area contributed by atoms with Gasteiger partial charge in [0.1, 0.15) is 11.5 Å². The van der Waals surface area contributed by atoms with Crippen LogP contribution in [0.15, 0.2) is 68.9 Å². The summed E-state index contributed by atoms with van der Waals surface area (Å²) in [7, 11) is 0. The highest BCUT2D eigenvalue weighted by molar-refractivity contribution is 8.18. The molecule has 1 aromatic heterocycles. The molecule has 1 saturated heterocycles. The summed E-state index contributed by atoms with van der Waals surface area (Å²) in [6.45, 7) is 6.14. The van der Waals surface area contributed by atoms with Gasteiger partial charge in [-0.3, -0.25) is 4.79 Å². The van der Waals surface area contributed by atoms with E-state index >= 15 is 0 Å². The van der Waals surface area contributed by atoms with Crippen LogP contribution in [0.5, 0.6) is 0 Å². The number of hydrogen-bond donors (Lipinski definition) is 1. The van der Waals surface area contributed by atoms with Gasteiger partial charge < -0.3 is 14.6 Å². The minimum absolute atomic E-state index is 0.220. The summed E-state index contributed by atoms with van der Waals surface area (Å²) in [5.41, 5.74) is 2.55. The molecule has 0 aliphatic carbocycles. The fourth-order valence-electron chi connectivity index (χ4n) is 3.35. The number of furan rings is 1. The van der Waals surface area contributed by atoms with Crippen molar-refractivity contribution in [1.82, 2.24) is 5.32 Å². The van der Waals surface area contributed by atoms with E-state index in [1.807, 2.05) is 24.3 Å². The first-order chi connectivity index (χ1) is 15.5. The van der Waals surface area contributed by atoms with Gasteiger partial charge in [0.25, 0.3) is 5.91 Å². The number of nitrogens with zero attached hydrogens (tertiary/aromatic N) is 2. The summed E-state index contributed by atoms with van der Waals surface area (Å²) in [4.78, 5) is 19.7. The Bertz CT molecular complexity index is 1180. The van der Waals surface area contributed by atoms with Crippen molar-refractivity contribution in [3.05, 3.63) is 75.3 Å². The lowest BCUT2D eigenvalue weighted by Crippen LogP contribution is -2.21. The summed E-state index contributed by atoms with van der Waals surface area (Å²) in [6, 6.07) is 16.8. The van der Waals surface area contributed by atoms with Crippen LogP contribution >= 0.6 is 35.0 Å². The Kier molecular flexibility index (Phi) is 6.94. The normalized spacial score (nSPS) is 16.1. The molecule has 1 N–H and O–H groups in total. The van der Waals surface area contributed by atoms with Crippen LogP contribution in [0.3, 0.4) is 0 Å². The van der Waals surface area contributed by atoms with Crippen molar-refractivity contribution in [2.45, 2.75) is 13.8 Å². The Labute approximate surface area is 201 Å². The van der Waals surface area contributed by atoms with Crippen LogP contribution in [0, 0.1) is 0 Å². The van der Waals surface area contributed by atoms with Crippen LogP contribution in [0.1, 0.15) is 19.6 Å². The molecule has 1 fully saturated rings. The molecule has 1 aliphatic heterocycles. The number of anilines is 1. The van der Waals surface area contributed by atoms with Gasteiger partial charge in [-0.1, -0.05) is 29.3 Å². The first kappa shape index (κ1) is 22.5. The predicted molar refractivity (Wildman–Crippen MR) is 135 cm³/mol. The van der Waals surface area contributed by atoms with Gasteiger partial charge in [0.2, 0.25) is 0 Å². The summed E-state index contributed by atoms with van der Waals surface area (Å²) >= 11 is 13.8. The molecule has 32 heavy (non-hydrogen) atoms. The van der Waals surface area contributed by atoms with E-state index in [9.17, 15) is 4.79 Å². The van der Waals surface area contributed by atoms with E-state index in [4.69, 9.17) is 27.6 Å². The molecule has 1 amide bonds. The van der Waals surface area contributed by atoms with Gasteiger partial charge in [-0.25, -0.2) is 4.99 Å². The predicted octanol–water partition coefficient (Wildman–Crippen LogP) is 6.99. The monoisotopic (exact) mass is 485 g/mol. The molecule has 2 heterocycles. The summed E-state index contributed by atoms with van der Waals surface area (Å²) in [5.74, 6) is 0.846. The Morgan fingerprint density at radius 2 is 1.72 bits per heavy atom. The second-order valence-electron chi connectivity index (χ2n) is 6.97. The fraction of sp³-hybridized carbons (Fsp3) is 0.167. The lowest BCUT2D eigenvalue weighted by Gasteiger charge is -2.20. The number of amidine groups is 1. The van der Waals surface area contributed by atoms with Crippen molar-refractivity contribution in [3.63, 3.8) is 0 Å². The number of hydrogen-bond acceptors (Lipinski definition) is 5. The zero-order valence-electron chi connectivity index (χ0n) is 17.6. The van der Waals surface area contributed by atoms with Crippen molar-refractivity contribution in [2.75, 3.05) is 18.0 Å². The summed E-state index contributed by atoms with van der Waals surface area (Å²) in [5, 5.41) is 4.33. The fourth-order valence-corrected chi connectivity index (χ4v) is 4.76. The third-order valence-corrected chi connectivity index (χ3v) is 6.51. The highest BCUT2D eigenvalue weighted by Gasteiger charge is 2.24. The highest BCUT2D eigenvalue weighted by Crippen LogP contribution is 2.36. The Morgan fingerprint density at radius 1 is 1.03 bits per heavy atom. The maximum atomic E-state index is 12.4. The van der Waals surface area contributed by atoms with Gasteiger partial charge in [0.15, 0.2) is 5.17 Å². The Hall–Kier alpha value is -2.67. The number of amides is 1.